The van der Waals surface area contributed by atoms with Crippen molar-refractivity contribution in [2.75, 3.05) is 26.2 Å². The summed E-state index contributed by atoms with van der Waals surface area (Å²) in [5.41, 5.74) is 6.91. The topological polar surface area (TPSA) is 49.5 Å². The molecule has 0 aromatic rings. The summed E-state index contributed by atoms with van der Waals surface area (Å²) < 4.78 is 0. The molecule has 0 radical (unpaired) electrons. The predicted molar refractivity (Wildman–Crippen MR) is 82.4 cm³/mol. The summed E-state index contributed by atoms with van der Waals surface area (Å²) in [4.78, 5) is 2.72. The Bertz CT molecular complexity index is 369. The molecule has 0 aromatic heterocycles. The van der Waals surface area contributed by atoms with E-state index in [0.717, 1.165) is 5.92 Å². The lowest BCUT2D eigenvalue weighted by molar-refractivity contribution is -0.0849. The summed E-state index contributed by atoms with van der Waals surface area (Å²) in [6.07, 6.45) is 6.54. The lowest BCUT2D eigenvalue weighted by Gasteiger charge is -2.57. The molecule has 1 heterocycles. The molecule has 3 nitrogen and oxygen atoms in total. The second-order valence-electron chi connectivity index (χ2n) is 8.23. The Morgan fingerprint density at radius 3 is 2.30 bits per heavy atom. The maximum Gasteiger partial charge on any atom is 0.0489 e. The molecule has 3 heteroatoms. The van der Waals surface area contributed by atoms with Crippen LogP contribution in [0, 0.1) is 22.7 Å². The Labute approximate surface area is 123 Å². The molecule has 0 amide bonds. The van der Waals surface area contributed by atoms with Crippen molar-refractivity contribution in [3.05, 3.63) is 0 Å². The van der Waals surface area contributed by atoms with Crippen molar-refractivity contribution in [2.45, 2.75) is 58.4 Å². The van der Waals surface area contributed by atoms with E-state index < -0.39 is 0 Å². The van der Waals surface area contributed by atoms with Gasteiger partial charge in [-0.25, -0.2) is 0 Å². The zero-order chi connectivity index (χ0) is 14.6. The third kappa shape index (κ3) is 1.52. The SMILES string of the molecule is CC1(C)[C@H]2CC[C@]1(C)[C@@]([C@@H](CN)CO)(N1CCCC1)C2. The van der Waals surface area contributed by atoms with Crippen LogP contribution in [0.25, 0.3) is 0 Å². The number of nitrogens with zero attached hydrogens (tertiary/aromatic N) is 1. The van der Waals surface area contributed by atoms with Gasteiger partial charge in [-0.05, 0) is 68.5 Å². The summed E-state index contributed by atoms with van der Waals surface area (Å²) >= 11 is 0. The number of rotatable bonds is 4. The van der Waals surface area contributed by atoms with E-state index >= 15 is 0 Å². The molecule has 1 aliphatic heterocycles. The van der Waals surface area contributed by atoms with E-state index in [0.29, 0.717) is 17.4 Å². The molecule has 3 rings (SSSR count). The quantitative estimate of drug-likeness (QED) is 0.830. The molecule has 20 heavy (non-hydrogen) atoms. The minimum absolute atomic E-state index is 0.138. The zero-order valence-corrected chi connectivity index (χ0v) is 13.5. The van der Waals surface area contributed by atoms with E-state index in [4.69, 9.17) is 5.73 Å². The molecule has 116 valence electrons. The van der Waals surface area contributed by atoms with Gasteiger partial charge in [0.15, 0.2) is 0 Å². The van der Waals surface area contributed by atoms with Crippen LogP contribution in [-0.4, -0.2) is 41.8 Å². The van der Waals surface area contributed by atoms with Crippen molar-refractivity contribution >= 4 is 0 Å². The van der Waals surface area contributed by atoms with Crippen LogP contribution in [0.2, 0.25) is 0 Å². The third-order valence-corrected chi connectivity index (χ3v) is 7.80. The molecule has 3 aliphatic rings. The summed E-state index contributed by atoms with van der Waals surface area (Å²) in [5.74, 6) is 1.03. The van der Waals surface area contributed by atoms with Crippen LogP contribution in [0.3, 0.4) is 0 Å². The molecule has 2 saturated carbocycles. The second kappa shape index (κ2) is 4.69. The molecule has 2 aliphatic carbocycles. The molecule has 2 bridgehead atoms. The lowest BCUT2D eigenvalue weighted by atomic mass is 9.58. The fourth-order valence-electron chi connectivity index (χ4n) is 6.22. The Hall–Kier alpha value is -0.120. The third-order valence-electron chi connectivity index (χ3n) is 7.80. The van der Waals surface area contributed by atoms with E-state index in [1.807, 2.05) is 0 Å². The largest absolute Gasteiger partial charge is 0.396 e. The molecular formula is C17H32N2O. The van der Waals surface area contributed by atoms with Crippen LogP contribution in [-0.2, 0) is 0 Å². The molecule has 3 fully saturated rings. The first kappa shape index (κ1) is 14.8. The number of likely N-dealkylation sites (tertiary alicyclic amines) is 1. The first-order valence-electron chi connectivity index (χ1n) is 8.50. The van der Waals surface area contributed by atoms with E-state index in [1.54, 1.807) is 0 Å². The van der Waals surface area contributed by atoms with Crippen molar-refractivity contribution in [3.63, 3.8) is 0 Å². The van der Waals surface area contributed by atoms with E-state index in [9.17, 15) is 5.11 Å². The molecule has 0 unspecified atom stereocenters. The van der Waals surface area contributed by atoms with Crippen molar-refractivity contribution in [2.24, 2.45) is 28.4 Å². The van der Waals surface area contributed by atoms with Gasteiger partial charge in [-0.3, -0.25) is 4.90 Å². The van der Waals surface area contributed by atoms with Gasteiger partial charge in [-0.1, -0.05) is 20.8 Å². The van der Waals surface area contributed by atoms with E-state index in [2.05, 4.69) is 25.7 Å². The number of nitrogens with two attached hydrogens (primary N) is 1. The molecule has 1 saturated heterocycles. The highest BCUT2D eigenvalue weighted by Gasteiger charge is 2.71. The van der Waals surface area contributed by atoms with Crippen molar-refractivity contribution in [1.82, 2.24) is 4.90 Å². The van der Waals surface area contributed by atoms with E-state index in [1.165, 1.54) is 45.2 Å². The summed E-state index contributed by atoms with van der Waals surface area (Å²) in [6, 6.07) is 0. The van der Waals surface area contributed by atoms with Gasteiger partial charge in [0.25, 0.3) is 0 Å². The van der Waals surface area contributed by atoms with Crippen LogP contribution < -0.4 is 5.73 Å². The number of fused-ring (bicyclic) bond motifs is 2. The minimum Gasteiger partial charge on any atom is -0.396 e. The minimum atomic E-state index is 0.138. The molecule has 3 N–H and O–H groups in total. The molecule has 0 aromatic carbocycles. The smallest absolute Gasteiger partial charge is 0.0489 e. The van der Waals surface area contributed by atoms with Crippen LogP contribution in [0.15, 0.2) is 0 Å². The van der Waals surface area contributed by atoms with Gasteiger partial charge in [-0.15, -0.1) is 0 Å². The average molecular weight is 280 g/mol. The standard InChI is InChI=1S/C17H32N2O/c1-15(2)13-6-7-16(15,3)17(10-13,14(11-18)12-20)19-8-4-5-9-19/h13-14,20H,4-12,18H2,1-3H3/t13-,14-,16-,17+/m0/s1. The Kier molecular flexibility index (Phi) is 3.47. The fraction of sp³-hybridized carbons (Fsp3) is 1.00. The van der Waals surface area contributed by atoms with Crippen LogP contribution in [0.4, 0.5) is 0 Å². The van der Waals surface area contributed by atoms with Gasteiger partial charge in [0.1, 0.15) is 0 Å². The van der Waals surface area contributed by atoms with Crippen LogP contribution in [0.5, 0.6) is 0 Å². The highest BCUT2D eigenvalue weighted by atomic mass is 16.3. The maximum atomic E-state index is 10.0. The fourth-order valence-corrected chi connectivity index (χ4v) is 6.22. The zero-order valence-electron chi connectivity index (χ0n) is 13.5. The molecular weight excluding hydrogens is 248 g/mol. The summed E-state index contributed by atoms with van der Waals surface area (Å²) in [5, 5.41) is 10.0. The number of aliphatic hydroxyl groups excluding tert-OH is 1. The summed E-state index contributed by atoms with van der Waals surface area (Å²) in [7, 11) is 0. The van der Waals surface area contributed by atoms with Crippen molar-refractivity contribution in [3.8, 4) is 0 Å². The number of aliphatic hydroxyl groups is 1. The van der Waals surface area contributed by atoms with Gasteiger partial charge in [0.2, 0.25) is 0 Å². The highest BCUT2D eigenvalue weighted by molar-refractivity contribution is 5.24. The highest BCUT2D eigenvalue weighted by Crippen LogP contribution is 2.73. The summed E-state index contributed by atoms with van der Waals surface area (Å²) in [6.45, 7) is 10.7. The van der Waals surface area contributed by atoms with Gasteiger partial charge >= 0.3 is 0 Å². The Morgan fingerprint density at radius 1 is 1.25 bits per heavy atom. The van der Waals surface area contributed by atoms with Gasteiger partial charge in [0, 0.05) is 18.1 Å². The normalized spacial score (nSPS) is 45.1. The van der Waals surface area contributed by atoms with Crippen molar-refractivity contribution in [1.29, 1.82) is 0 Å². The average Bonchev–Trinajstić information content (AvgIpc) is 3.05. The van der Waals surface area contributed by atoms with Gasteiger partial charge < -0.3 is 10.8 Å². The number of hydrogen-bond donors (Lipinski definition) is 2. The molecule has 0 spiro atoms. The van der Waals surface area contributed by atoms with Crippen LogP contribution >= 0.6 is 0 Å². The Balaban J connectivity index is 2.08. The van der Waals surface area contributed by atoms with Crippen LogP contribution in [0.1, 0.15) is 52.9 Å². The maximum absolute atomic E-state index is 10.0. The first-order chi connectivity index (χ1) is 9.44. The Morgan fingerprint density at radius 2 is 1.90 bits per heavy atom. The number of hydrogen-bond acceptors (Lipinski definition) is 3. The lowest BCUT2D eigenvalue weighted by Crippen LogP contribution is -2.64. The predicted octanol–water partition coefficient (Wildman–Crippen LogP) is 2.23. The first-order valence-corrected chi connectivity index (χ1v) is 8.50. The molecule has 4 atom stereocenters. The second-order valence-corrected chi connectivity index (χ2v) is 8.23. The van der Waals surface area contributed by atoms with Gasteiger partial charge in [0.05, 0.1) is 0 Å². The van der Waals surface area contributed by atoms with E-state index in [-0.39, 0.29) is 18.1 Å². The monoisotopic (exact) mass is 280 g/mol. The van der Waals surface area contributed by atoms with Gasteiger partial charge in [-0.2, -0.15) is 0 Å². The van der Waals surface area contributed by atoms with Crippen molar-refractivity contribution < 1.29 is 5.11 Å².